The van der Waals surface area contributed by atoms with Crippen molar-refractivity contribution >= 4 is 5.91 Å². The van der Waals surface area contributed by atoms with Crippen LogP contribution in [0.25, 0.3) is 0 Å². The Hall–Kier alpha value is -1.43. The van der Waals surface area contributed by atoms with Crippen LogP contribution in [0.5, 0.6) is 0 Å². The van der Waals surface area contributed by atoms with Crippen LogP contribution in [0, 0.1) is 0 Å². The molecule has 1 unspecified atom stereocenters. The van der Waals surface area contributed by atoms with Crippen molar-refractivity contribution in [3.05, 3.63) is 35.4 Å². The molecular weight excluding hydrogens is 302 g/mol. The van der Waals surface area contributed by atoms with Gasteiger partial charge in [0.1, 0.15) is 0 Å². The molecule has 24 heavy (non-hydrogen) atoms. The summed E-state index contributed by atoms with van der Waals surface area (Å²) in [7, 11) is 0. The molecule has 1 atom stereocenters. The van der Waals surface area contributed by atoms with E-state index in [4.69, 9.17) is 0 Å². The molecule has 0 aliphatic carbocycles. The number of hydrogen-bond donors (Lipinski definition) is 3. The molecule has 2 fully saturated rings. The first-order valence-electron chi connectivity index (χ1n) is 9.17. The second-order valence-electron chi connectivity index (χ2n) is 7.10. The highest BCUT2D eigenvalue weighted by Gasteiger charge is 2.18. The number of aliphatic hydroxyl groups is 1. The van der Waals surface area contributed by atoms with Crippen molar-refractivity contribution in [3.63, 3.8) is 0 Å². The van der Waals surface area contributed by atoms with Gasteiger partial charge in [0, 0.05) is 38.6 Å². The molecule has 2 aliphatic heterocycles. The molecule has 1 aromatic carbocycles. The van der Waals surface area contributed by atoms with Gasteiger partial charge in [0.15, 0.2) is 0 Å². The van der Waals surface area contributed by atoms with Gasteiger partial charge in [-0.25, -0.2) is 0 Å². The summed E-state index contributed by atoms with van der Waals surface area (Å²) in [5, 5.41) is 15.9. The minimum atomic E-state index is -0.119. The van der Waals surface area contributed by atoms with Crippen LogP contribution < -0.4 is 10.6 Å². The normalized spacial score (nSPS) is 22.6. The zero-order valence-electron chi connectivity index (χ0n) is 14.3. The van der Waals surface area contributed by atoms with Gasteiger partial charge in [-0.1, -0.05) is 24.3 Å². The monoisotopic (exact) mass is 331 g/mol. The van der Waals surface area contributed by atoms with E-state index in [0.29, 0.717) is 19.0 Å². The molecule has 1 aromatic rings. The molecule has 0 aromatic heterocycles. The molecule has 5 nitrogen and oxygen atoms in total. The van der Waals surface area contributed by atoms with Gasteiger partial charge in [0.05, 0.1) is 6.10 Å². The van der Waals surface area contributed by atoms with Crippen molar-refractivity contribution in [2.45, 2.75) is 57.3 Å². The van der Waals surface area contributed by atoms with E-state index in [9.17, 15) is 9.90 Å². The fourth-order valence-electron chi connectivity index (χ4n) is 3.53. The van der Waals surface area contributed by atoms with E-state index < -0.39 is 0 Å². The highest BCUT2D eigenvalue weighted by atomic mass is 16.3. The molecule has 0 spiro atoms. The minimum Gasteiger partial charge on any atom is -0.393 e. The van der Waals surface area contributed by atoms with Crippen LogP contribution in [-0.2, 0) is 17.9 Å². The van der Waals surface area contributed by atoms with Crippen molar-refractivity contribution in [3.8, 4) is 0 Å². The van der Waals surface area contributed by atoms with Crippen molar-refractivity contribution in [2.75, 3.05) is 19.6 Å². The van der Waals surface area contributed by atoms with Crippen LogP contribution in [0.4, 0.5) is 0 Å². The predicted molar refractivity (Wildman–Crippen MR) is 94.4 cm³/mol. The molecule has 0 bridgehead atoms. The fourth-order valence-corrected chi connectivity index (χ4v) is 3.53. The third kappa shape index (κ3) is 5.30. The zero-order valence-corrected chi connectivity index (χ0v) is 14.3. The zero-order chi connectivity index (χ0) is 16.8. The maximum absolute atomic E-state index is 12.0. The molecule has 0 saturated carbocycles. The highest BCUT2D eigenvalue weighted by Crippen LogP contribution is 2.14. The number of carbonyl (C=O) groups excluding carboxylic acids is 1. The first kappa shape index (κ1) is 17.4. The Morgan fingerprint density at radius 1 is 1.17 bits per heavy atom. The number of amides is 1. The maximum atomic E-state index is 12.0. The van der Waals surface area contributed by atoms with Crippen LogP contribution in [0.15, 0.2) is 24.3 Å². The van der Waals surface area contributed by atoms with E-state index in [1.54, 1.807) is 0 Å². The lowest BCUT2D eigenvalue weighted by Gasteiger charge is -2.29. The lowest BCUT2D eigenvalue weighted by atomic mass is 10.1. The third-order valence-corrected chi connectivity index (χ3v) is 5.07. The number of nitrogens with one attached hydrogen (secondary N) is 2. The molecule has 0 radical (unpaired) electrons. The maximum Gasteiger partial charge on any atom is 0.221 e. The number of likely N-dealkylation sites (tertiary alicyclic amines) is 1. The van der Waals surface area contributed by atoms with Gasteiger partial charge in [-0.2, -0.15) is 0 Å². The first-order valence-corrected chi connectivity index (χ1v) is 9.17. The molecule has 2 aliphatic rings. The van der Waals surface area contributed by atoms with Crippen LogP contribution in [-0.4, -0.2) is 47.7 Å². The van der Waals surface area contributed by atoms with Crippen molar-refractivity contribution < 1.29 is 9.90 Å². The Bertz CT molecular complexity index is 518. The van der Waals surface area contributed by atoms with Gasteiger partial charge in [-0.05, 0) is 43.4 Å². The van der Waals surface area contributed by atoms with E-state index in [0.717, 1.165) is 51.0 Å². The summed E-state index contributed by atoms with van der Waals surface area (Å²) in [6.07, 6.45) is 4.50. The van der Waals surface area contributed by atoms with Crippen molar-refractivity contribution in [2.24, 2.45) is 0 Å². The lowest BCUT2D eigenvalue weighted by molar-refractivity contribution is -0.121. The second-order valence-corrected chi connectivity index (χ2v) is 7.10. The average Bonchev–Trinajstić information content (AvgIpc) is 3.09. The number of nitrogens with zero attached hydrogens (tertiary/aromatic N) is 1. The van der Waals surface area contributed by atoms with Crippen LogP contribution in [0.1, 0.15) is 43.2 Å². The van der Waals surface area contributed by atoms with Gasteiger partial charge in [-0.15, -0.1) is 0 Å². The summed E-state index contributed by atoms with van der Waals surface area (Å²) in [5.74, 6) is 0.130. The van der Waals surface area contributed by atoms with Gasteiger partial charge >= 0.3 is 0 Å². The summed E-state index contributed by atoms with van der Waals surface area (Å²) in [6, 6.07) is 8.84. The van der Waals surface area contributed by atoms with Crippen molar-refractivity contribution in [1.29, 1.82) is 0 Å². The van der Waals surface area contributed by atoms with E-state index in [1.165, 1.54) is 12.0 Å². The van der Waals surface area contributed by atoms with E-state index in [2.05, 4.69) is 39.8 Å². The molecule has 5 heteroatoms. The van der Waals surface area contributed by atoms with Gasteiger partial charge in [-0.3, -0.25) is 9.69 Å². The Labute approximate surface area is 144 Å². The highest BCUT2D eigenvalue weighted by molar-refractivity contribution is 5.76. The Morgan fingerprint density at radius 2 is 1.88 bits per heavy atom. The smallest absolute Gasteiger partial charge is 0.221 e. The Balaban J connectivity index is 1.40. The van der Waals surface area contributed by atoms with E-state index >= 15 is 0 Å². The predicted octanol–water partition coefficient (Wildman–Crippen LogP) is 1.40. The van der Waals surface area contributed by atoms with Crippen LogP contribution in [0.2, 0.25) is 0 Å². The third-order valence-electron chi connectivity index (χ3n) is 5.07. The lowest BCUT2D eigenvalue weighted by Crippen LogP contribution is -2.35. The molecular formula is C19H29N3O2. The summed E-state index contributed by atoms with van der Waals surface area (Å²) in [5.41, 5.74) is 2.43. The SMILES string of the molecule is O=C(CC1CCCN1)NCc1ccc(CN2CCC(O)CC2)cc1. The number of aliphatic hydroxyl groups excluding tert-OH is 1. The molecule has 3 N–H and O–H groups in total. The average molecular weight is 331 g/mol. The number of piperidine rings is 1. The summed E-state index contributed by atoms with van der Waals surface area (Å²) >= 11 is 0. The summed E-state index contributed by atoms with van der Waals surface area (Å²) < 4.78 is 0. The second kappa shape index (κ2) is 8.60. The number of hydrogen-bond acceptors (Lipinski definition) is 4. The van der Waals surface area contributed by atoms with Gasteiger partial charge in [0.25, 0.3) is 0 Å². The van der Waals surface area contributed by atoms with E-state index in [1.807, 2.05) is 0 Å². The summed E-state index contributed by atoms with van der Waals surface area (Å²) in [6.45, 7) is 4.51. The molecule has 2 heterocycles. The molecule has 132 valence electrons. The van der Waals surface area contributed by atoms with Crippen molar-refractivity contribution in [1.82, 2.24) is 15.5 Å². The molecule has 1 amide bonds. The Kier molecular flexibility index (Phi) is 6.24. The number of carbonyl (C=O) groups is 1. The quantitative estimate of drug-likeness (QED) is 0.737. The number of rotatable bonds is 6. The topological polar surface area (TPSA) is 64.6 Å². The molecule has 2 saturated heterocycles. The van der Waals surface area contributed by atoms with Crippen LogP contribution >= 0.6 is 0 Å². The Morgan fingerprint density at radius 3 is 2.54 bits per heavy atom. The number of benzene rings is 1. The standard InChI is InChI=1S/C19H29N3O2/c23-18-7-10-22(11-8-18)14-16-5-3-15(4-6-16)13-21-19(24)12-17-2-1-9-20-17/h3-6,17-18,20,23H,1-2,7-14H2,(H,21,24). The summed E-state index contributed by atoms with van der Waals surface area (Å²) in [4.78, 5) is 14.3. The van der Waals surface area contributed by atoms with E-state index in [-0.39, 0.29) is 12.0 Å². The minimum absolute atomic E-state index is 0.119. The first-order chi connectivity index (χ1) is 11.7. The molecule has 3 rings (SSSR count). The fraction of sp³-hybridized carbons (Fsp3) is 0.632. The van der Waals surface area contributed by atoms with Gasteiger partial charge in [0.2, 0.25) is 5.91 Å². The van der Waals surface area contributed by atoms with Gasteiger partial charge < -0.3 is 15.7 Å². The largest absolute Gasteiger partial charge is 0.393 e. The van der Waals surface area contributed by atoms with Crippen LogP contribution in [0.3, 0.4) is 0 Å².